The summed E-state index contributed by atoms with van der Waals surface area (Å²) in [5, 5.41) is 6.62. The molecule has 1 rings (SSSR count). The van der Waals surface area contributed by atoms with E-state index in [-0.39, 0.29) is 5.97 Å². The number of rotatable bonds is 8. The van der Waals surface area contributed by atoms with Crippen molar-refractivity contribution in [2.24, 2.45) is 0 Å². The summed E-state index contributed by atoms with van der Waals surface area (Å²) in [6.45, 7) is 10.0. The first-order chi connectivity index (χ1) is 10.6. The number of carbonyl (C=O) groups is 1. The molecule has 1 aromatic rings. The van der Waals surface area contributed by atoms with Gasteiger partial charge in [-0.2, -0.15) is 0 Å². The molecule has 0 saturated heterocycles. The van der Waals surface area contributed by atoms with Gasteiger partial charge in [-0.1, -0.05) is 13.8 Å². The lowest BCUT2D eigenvalue weighted by Gasteiger charge is -2.17. The van der Waals surface area contributed by atoms with Crippen LogP contribution in [0.15, 0.2) is 24.3 Å². The first kappa shape index (κ1) is 18.4. The number of hydrogen-bond donors (Lipinski definition) is 2. The summed E-state index contributed by atoms with van der Waals surface area (Å²) in [5.41, 5.74) is 1.38. The van der Waals surface area contributed by atoms with Gasteiger partial charge in [0.2, 0.25) is 0 Å². The molecule has 0 aromatic heterocycles. The van der Waals surface area contributed by atoms with Crippen LogP contribution >= 0.6 is 12.2 Å². The fourth-order valence-electron chi connectivity index (χ4n) is 1.92. The molecule has 0 atom stereocenters. The molecule has 0 aliphatic carbocycles. The number of nitrogens with one attached hydrogen (secondary N) is 2. The molecule has 0 bridgehead atoms. The van der Waals surface area contributed by atoms with Crippen LogP contribution in [0, 0.1) is 0 Å². The van der Waals surface area contributed by atoms with E-state index in [0.717, 1.165) is 31.9 Å². The quantitative estimate of drug-likeness (QED) is 0.566. The molecule has 0 spiro atoms. The number of nitrogens with zero attached hydrogens (tertiary/aromatic N) is 1. The summed E-state index contributed by atoms with van der Waals surface area (Å²) >= 11 is 5.11. The standard InChI is InChI=1S/C16H25N3O2S/c1-4-17-16(22)18-14-9-7-13(8-10-14)15(20)21-12-11-19(5-2)6-3/h7-10H,4-6,11-12H2,1-3H3,(H2,17,18,22). The van der Waals surface area contributed by atoms with E-state index in [1.807, 2.05) is 19.1 Å². The Labute approximate surface area is 138 Å². The number of carbonyl (C=O) groups excluding carboxylic acids is 1. The minimum absolute atomic E-state index is 0.298. The molecule has 0 amide bonds. The monoisotopic (exact) mass is 323 g/mol. The molecule has 0 saturated carbocycles. The van der Waals surface area contributed by atoms with E-state index >= 15 is 0 Å². The van der Waals surface area contributed by atoms with E-state index in [4.69, 9.17) is 17.0 Å². The maximum atomic E-state index is 11.9. The molecule has 0 heterocycles. The molecule has 0 radical (unpaired) electrons. The zero-order valence-electron chi connectivity index (χ0n) is 13.5. The zero-order chi connectivity index (χ0) is 16.4. The van der Waals surface area contributed by atoms with Crippen LogP contribution in [-0.4, -0.2) is 48.8 Å². The lowest BCUT2D eigenvalue weighted by molar-refractivity contribution is 0.0466. The molecule has 0 aliphatic rings. The maximum Gasteiger partial charge on any atom is 0.338 e. The highest BCUT2D eigenvalue weighted by Crippen LogP contribution is 2.10. The van der Waals surface area contributed by atoms with Crippen LogP contribution in [0.2, 0.25) is 0 Å². The largest absolute Gasteiger partial charge is 0.461 e. The van der Waals surface area contributed by atoms with Crippen LogP contribution in [0.3, 0.4) is 0 Å². The number of anilines is 1. The summed E-state index contributed by atoms with van der Waals surface area (Å²) < 4.78 is 5.28. The number of thiocarbonyl (C=S) groups is 1. The molecule has 6 heteroatoms. The van der Waals surface area contributed by atoms with Crippen molar-refractivity contribution in [2.75, 3.05) is 38.1 Å². The molecule has 2 N–H and O–H groups in total. The summed E-state index contributed by atoms with van der Waals surface area (Å²) in [7, 11) is 0. The Morgan fingerprint density at radius 2 is 1.82 bits per heavy atom. The second-order valence-corrected chi connectivity index (χ2v) is 5.13. The first-order valence-electron chi connectivity index (χ1n) is 7.65. The molecule has 0 fully saturated rings. The van der Waals surface area contributed by atoms with Crippen LogP contribution in [-0.2, 0) is 4.74 Å². The summed E-state index contributed by atoms with van der Waals surface area (Å²) in [6, 6.07) is 7.09. The number of likely N-dealkylation sites (N-methyl/N-ethyl adjacent to an activating group) is 1. The van der Waals surface area contributed by atoms with E-state index in [1.54, 1.807) is 12.1 Å². The fraction of sp³-hybridized carbons (Fsp3) is 0.500. The van der Waals surface area contributed by atoms with Gasteiger partial charge in [-0.25, -0.2) is 4.79 Å². The number of ether oxygens (including phenoxy) is 1. The van der Waals surface area contributed by atoms with Gasteiger partial charge >= 0.3 is 5.97 Å². The van der Waals surface area contributed by atoms with Gasteiger partial charge in [0.05, 0.1) is 5.56 Å². The third-order valence-corrected chi connectivity index (χ3v) is 3.50. The minimum atomic E-state index is -0.298. The Morgan fingerprint density at radius 1 is 1.18 bits per heavy atom. The van der Waals surface area contributed by atoms with Gasteiger partial charge in [-0.3, -0.25) is 0 Å². The van der Waals surface area contributed by atoms with Gasteiger partial charge in [0, 0.05) is 18.8 Å². The van der Waals surface area contributed by atoms with E-state index < -0.39 is 0 Å². The van der Waals surface area contributed by atoms with Gasteiger partial charge in [-0.05, 0) is 56.5 Å². The van der Waals surface area contributed by atoms with Gasteiger partial charge in [-0.15, -0.1) is 0 Å². The molecule has 122 valence electrons. The average molecular weight is 323 g/mol. The third-order valence-electron chi connectivity index (χ3n) is 3.25. The van der Waals surface area contributed by atoms with Crippen molar-refractivity contribution in [3.63, 3.8) is 0 Å². The van der Waals surface area contributed by atoms with Crippen LogP contribution in [0.25, 0.3) is 0 Å². The summed E-state index contributed by atoms with van der Waals surface area (Å²) in [4.78, 5) is 14.1. The average Bonchev–Trinajstić information content (AvgIpc) is 2.52. The minimum Gasteiger partial charge on any atom is -0.461 e. The van der Waals surface area contributed by atoms with Crippen LogP contribution in [0.5, 0.6) is 0 Å². The lowest BCUT2D eigenvalue weighted by Crippen LogP contribution is -2.28. The smallest absolute Gasteiger partial charge is 0.338 e. The Balaban J connectivity index is 2.45. The predicted octanol–water partition coefficient (Wildman–Crippen LogP) is 2.49. The maximum absolute atomic E-state index is 11.9. The van der Waals surface area contributed by atoms with Crippen molar-refractivity contribution in [3.8, 4) is 0 Å². The fourth-order valence-corrected chi connectivity index (χ4v) is 2.18. The highest BCUT2D eigenvalue weighted by atomic mass is 32.1. The third kappa shape index (κ3) is 6.41. The molecule has 1 aromatic carbocycles. The first-order valence-corrected chi connectivity index (χ1v) is 8.05. The summed E-state index contributed by atoms with van der Waals surface area (Å²) in [5.74, 6) is -0.298. The number of esters is 1. The van der Waals surface area contributed by atoms with Crippen molar-refractivity contribution >= 4 is 29.0 Å². The van der Waals surface area contributed by atoms with Crippen molar-refractivity contribution in [3.05, 3.63) is 29.8 Å². The topological polar surface area (TPSA) is 53.6 Å². The normalized spacial score (nSPS) is 10.4. The molecule has 0 aliphatic heterocycles. The Morgan fingerprint density at radius 3 is 2.36 bits per heavy atom. The Kier molecular flexibility index (Phi) is 8.47. The van der Waals surface area contributed by atoms with Crippen molar-refractivity contribution in [2.45, 2.75) is 20.8 Å². The van der Waals surface area contributed by atoms with E-state index in [9.17, 15) is 4.79 Å². The lowest BCUT2D eigenvalue weighted by atomic mass is 10.2. The van der Waals surface area contributed by atoms with Crippen LogP contribution < -0.4 is 10.6 Å². The van der Waals surface area contributed by atoms with Crippen LogP contribution in [0.1, 0.15) is 31.1 Å². The Bertz CT molecular complexity index is 473. The van der Waals surface area contributed by atoms with Crippen molar-refractivity contribution in [1.82, 2.24) is 10.2 Å². The molecular formula is C16H25N3O2S. The summed E-state index contributed by atoms with van der Waals surface area (Å²) in [6.07, 6.45) is 0. The molecule has 0 unspecified atom stereocenters. The predicted molar refractivity (Wildman–Crippen MR) is 94.4 cm³/mol. The second kappa shape index (κ2) is 10.1. The molecular weight excluding hydrogens is 298 g/mol. The van der Waals surface area contributed by atoms with Gasteiger partial charge < -0.3 is 20.3 Å². The highest BCUT2D eigenvalue weighted by Gasteiger charge is 2.08. The van der Waals surface area contributed by atoms with E-state index in [2.05, 4.69) is 29.4 Å². The zero-order valence-corrected chi connectivity index (χ0v) is 14.3. The van der Waals surface area contributed by atoms with Crippen LogP contribution in [0.4, 0.5) is 5.69 Å². The molecule has 5 nitrogen and oxygen atoms in total. The van der Waals surface area contributed by atoms with Gasteiger partial charge in [0.15, 0.2) is 5.11 Å². The van der Waals surface area contributed by atoms with E-state index in [1.165, 1.54) is 0 Å². The highest BCUT2D eigenvalue weighted by molar-refractivity contribution is 7.80. The number of hydrogen-bond acceptors (Lipinski definition) is 4. The van der Waals surface area contributed by atoms with Crippen molar-refractivity contribution < 1.29 is 9.53 Å². The molecule has 22 heavy (non-hydrogen) atoms. The Hall–Kier alpha value is -1.66. The van der Waals surface area contributed by atoms with Gasteiger partial charge in [0.1, 0.15) is 6.61 Å². The van der Waals surface area contributed by atoms with E-state index in [0.29, 0.717) is 17.3 Å². The van der Waals surface area contributed by atoms with Gasteiger partial charge in [0.25, 0.3) is 0 Å². The number of benzene rings is 1. The second-order valence-electron chi connectivity index (χ2n) is 4.72. The SMILES string of the molecule is CCNC(=S)Nc1ccc(C(=O)OCCN(CC)CC)cc1. The van der Waals surface area contributed by atoms with Crippen molar-refractivity contribution in [1.29, 1.82) is 0 Å².